The van der Waals surface area contributed by atoms with Gasteiger partial charge in [-0.25, -0.2) is 9.59 Å². The van der Waals surface area contributed by atoms with Crippen LogP contribution in [0, 0.1) is 11.8 Å². The number of fused-ring (bicyclic) bond motifs is 2. The summed E-state index contributed by atoms with van der Waals surface area (Å²) in [4.78, 5) is 36.0. The first-order valence-corrected chi connectivity index (χ1v) is 13.6. The molecule has 1 aromatic rings. The normalized spacial score (nSPS) is 29.1. The van der Waals surface area contributed by atoms with E-state index in [1.165, 1.54) is 26.4 Å². The number of hydrogen-bond acceptors (Lipinski definition) is 10. The van der Waals surface area contributed by atoms with Gasteiger partial charge in [-0.3, -0.25) is 4.79 Å². The summed E-state index contributed by atoms with van der Waals surface area (Å²) in [6.07, 6.45) is 2.57. The second-order valence-electron chi connectivity index (χ2n) is 10.5. The molecule has 0 spiro atoms. The molecule has 0 fully saturated rings. The number of carbonyl (C=O) groups is 3. The van der Waals surface area contributed by atoms with Crippen LogP contribution in [0.1, 0.15) is 39.7 Å². The molecule has 0 unspecified atom stereocenters. The number of aromatic hydroxyl groups is 1. The van der Waals surface area contributed by atoms with Crippen LogP contribution in [-0.4, -0.2) is 66.9 Å². The third kappa shape index (κ3) is 9.63. The highest BCUT2D eigenvalue weighted by molar-refractivity contribution is 6.05. The Morgan fingerprint density at radius 3 is 2.40 bits per heavy atom. The molecule has 14 heteroatoms. The molecule has 14 nitrogen and oxygen atoms in total. The number of amides is 4. The molecule has 2 bridgehead atoms. The summed E-state index contributed by atoms with van der Waals surface area (Å²) < 4.78 is 16.5. The van der Waals surface area contributed by atoms with Crippen molar-refractivity contribution >= 4 is 35.1 Å². The van der Waals surface area contributed by atoms with Gasteiger partial charge in [-0.15, -0.1) is 5.11 Å². The van der Waals surface area contributed by atoms with Crippen LogP contribution in [-0.2, 0) is 25.4 Å². The van der Waals surface area contributed by atoms with Crippen molar-refractivity contribution in [3.8, 4) is 5.75 Å². The lowest BCUT2D eigenvalue weighted by Gasteiger charge is -2.29. The van der Waals surface area contributed by atoms with Crippen molar-refractivity contribution < 1.29 is 38.8 Å². The summed E-state index contributed by atoms with van der Waals surface area (Å²) in [7, 11) is 2.90. The maximum atomic E-state index is 13.1. The molecule has 6 atom stereocenters. The van der Waals surface area contributed by atoms with E-state index in [9.17, 15) is 24.6 Å². The first-order valence-electron chi connectivity index (χ1n) is 13.6. The molecular weight excluding hydrogens is 560 g/mol. The number of rotatable bonds is 4. The summed E-state index contributed by atoms with van der Waals surface area (Å²) in [6.45, 7) is 6.94. The van der Waals surface area contributed by atoms with Crippen LogP contribution >= 0.6 is 0 Å². The van der Waals surface area contributed by atoms with E-state index in [4.69, 9.17) is 31.4 Å². The van der Waals surface area contributed by atoms with E-state index in [0.29, 0.717) is 12.0 Å². The quantitative estimate of drug-likeness (QED) is 0.128. The summed E-state index contributed by atoms with van der Waals surface area (Å²) in [5, 5.41) is 32.1. The number of phenolic OH excluding ortho intramolecular Hbond substituents is 1. The molecule has 2 rings (SSSR count). The van der Waals surface area contributed by atoms with E-state index >= 15 is 0 Å². The number of nitrogen functional groups attached to an aromatic ring is 1. The van der Waals surface area contributed by atoms with E-state index in [1.807, 2.05) is 6.92 Å². The highest BCUT2D eigenvalue weighted by Crippen LogP contribution is 2.41. The topological polar surface area (TPSA) is 234 Å². The number of allylic oxidation sites excluding steroid dienone is 2. The van der Waals surface area contributed by atoms with E-state index < -0.39 is 48.4 Å². The molecule has 1 aromatic carbocycles. The van der Waals surface area contributed by atoms with Crippen LogP contribution in [0.15, 0.2) is 51.7 Å². The number of primary amides is 2. The molecule has 1 heterocycles. The number of azo groups is 1. The maximum absolute atomic E-state index is 13.1. The van der Waals surface area contributed by atoms with Crippen molar-refractivity contribution in [1.82, 2.24) is 0 Å². The fourth-order valence-corrected chi connectivity index (χ4v) is 4.82. The van der Waals surface area contributed by atoms with Crippen molar-refractivity contribution in [2.24, 2.45) is 33.5 Å². The molecule has 236 valence electrons. The van der Waals surface area contributed by atoms with Gasteiger partial charge in [-0.2, -0.15) is 0 Å². The molecule has 1 aliphatic heterocycles. The Kier molecular flexibility index (Phi) is 12.8. The molecule has 0 saturated carbocycles. The lowest BCUT2D eigenvalue weighted by molar-refractivity contribution is -0.112. The second kappa shape index (κ2) is 15.8. The molecule has 4 amide bonds. The number of carbonyl (C=O) groups excluding carboxylic acids is 3. The number of methoxy groups -OCH3 is 2. The SMILES string of the molecule is CO[C@H]1/C=C\C=C(/C)C(=O)Nc2cc(N=NC(N)=O)c(N)c(c2O)C[C@@H](C)C[C@H](OC)[C@H](O)[C@@H](C)/C=C(\C)[C@@H]1OC(N)=O. The number of nitrogens with zero attached hydrogens (tertiary/aromatic N) is 2. The fraction of sp³-hybridized carbons (Fsp3) is 0.483. The maximum Gasteiger partial charge on any atom is 0.405 e. The number of hydrogen-bond donors (Lipinski definition) is 6. The zero-order valence-corrected chi connectivity index (χ0v) is 25.2. The van der Waals surface area contributed by atoms with Gasteiger partial charge in [0, 0.05) is 31.3 Å². The minimum atomic E-state index is -1.05. The monoisotopic (exact) mass is 602 g/mol. The van der Waals surface area contributed by atoms with Gasteiger partial charge in [-0.1, -0.05) is 43.3 Å². The minimum Gasteiger partial charge on any atom is -0.505 e. The largest absolute Gasteiger partial charge is 0.505 e. The molecule has 1 aliphatic rings. The van der Waals surface area contributed by atoms with E-state index in [1.54, 1.807) is 39.0 Å². The van der Waals surface area contributed by atoms with Crippen molar-refractivity contribution in [1.29, 1.82) is 0 Å². The number of urea groups is 1. The van der Waals surface area contributed by atoms with Gasteiger partial charge in [0.15, 0.2) is 6.10 Å². The van der Waals surface area contributed by atoms with Crippen LogP contribution in [0.4, 0.5) is 26.7 Å². The number of nitrogens with two attached hydrogens (primary N) is 3. The Morgan fingerprint density at radius 1 is 1.14 bits per heavy atom. The third-order valence-electron chi connectivity index (χ3n) is 7.13. The Labute approximate surface area is 250 Å². The highest BCUT2D eigenvalue weighted by Gasteiger charge is 2.30. The van der Waals surface area contributed by atoms with Gasteiger partial charge in [0.25, 0.3) is 5.91 Å². The number of ether oxygens (including phenoxy) is 3. The number of aliphatic hydroxyl groups is 1. The third-order valence-corrected chi connectivity index (χ3v) is 7.13. The first-order chi connectivity index (χ1) is 20.2. The number of aliphatic hydroxyl groups excluding tert-OH is 1. The molecular formula is C29H42N6O8. The molecule has 0 aliphatic carbocycles. The Balaban J connectivity index is 2.71. The van der Waals surface area contributed by atoms with Gasteiger partial charge in [-0.05, 0) is 44.2 Å². The van der Waals surface area contributed by atoms with Crippen molar-refractivity contribution in [2.45, 2.75) is 65.0 Å². The van der Waals surface area contributed by atoms with Crippen LogP contribution in [0.3, 0.4) is 0 Å². The summed E-state index contributed by atoms with van der Waals surface area (Å²) in [5.74, 6) is -1.52. The molecule has 43 heavy (non-hydrogen) atoms. The lowest BCUT2D eigenvalue weighted by Crippen LogP contribution is -2.37. The van der Waals surface area contributed by atoms with E-state index in [-0.39, 0.29) is 46.3 Å². The van der Waals surface area contributed by atoms with Crippen LogP contribution in [0.2, 0.25) is 0 Å². The Hall–Kier alpha value is -4.27. The summed E-state index contributed by atoms with van der Waals surface area (Å²) >= 11 is 0. The summed E-state index contributed by atoms with van der Waals surface area (Å²) in [5.41, 5.74) is 17.9. The number of nitrogens with one attached hydrogen (secondary N) is 1. The molecule has 0 aromatic heterocycles. The van der Waals surface area contributed by atoms with Crippen molar-refractivity contribution in [3.05, 3.63) is 47.1 Å². The van der Waals surface area contributed by atoms with Gasteiger partial charge >= 0.3 is 12.1 Å². The number of anilines is 2. The Morgan fingerprint density at radius 2 is 1.81 bits per heavy atom. The van der Waals surface area contributed by atoms with Crippen LogP contribution in [0.5, 0.6) is 5.75 Å². The summed E-state index contributed by atoms with van der Waals surface area (Å²) in [6, 6.07) is 0.225. The highest BCUT2D eigenvalue weighted by atomic mass is 16.6. The predicted octanol–water partition coefficient (Wildman–Crippen LogP) is 3.60. The fourth-order valence-electron chi connectivity index (χ4n) is 4.82. The average Bonchev–Trinajstić information content (AvgIpc) is 2.94. The minimum absolute atomic E-state index is 0.0162. The number of phenols is 1. The number of benzene rings is 1. The van der Waals surface area contributed by atoms with E-state index in [0.717, 1.165) is 0 Å². The molecule has 0 saturated heterocycles. The van der Waals surface area contributed by atoms with Gasteiger partial charge < -0.3 is 46.9 Å². The zero-order valence-electron chi connectivity index (χ0n) is 25.2. The Bertz CT molecular complexity index is 1310. The van der Waals surface area contributed by atoms with Crippen molar-refractivity contribution in [3.63, 3.8) is 0 Å². The zero-order chi connectivity index (χ0) is 32.4. The van der Waals surface area contributed by atoms with E-state index in [2.05, 4.69) is 15.5 Å². The first kappa shape index (κ1) is 34.9. The van der Waals surface area contributed by atoms with Gasteiger partial charge in [0.2, 0.25) is 0 Å². The second-order valence-corrected chi connectivity index (χ2v) is 10.5. The van der Waals surface area contributed by atoms with Crippen LogP contribution in [0.25, 0.3) is 0 Å². The van der Waals surface area contributed by atoms with Gasteiger partial charge in [0.05, 0.1) is 23.6 Å². The molecule has 0 radical (unpaired) electrons. The average molecular weight is 603 g/mol. The molecule has 9 N–H and O–H groups in total. The lowest BCUT2D eigenvalue weighted by atomic mass is 9.87. The predicted molar refractivity (Wildman–Crippen MR) is 161 cm³/mol. The van der Waals surface area contributed by atoms with Gasteiger partial charge in [0.1, 0.15) is 17.5 Å². The van der Waals surface area contributed by atoms with Crippen LogP contribution < -0.4 is 22.5 Å². The van der Waals surface area contributed by atoms with Crippen molar-refractivity contribution in [2.75, 3.05) is 25.3 Å². The standard InChI is InChI=1S/C29H42N6O8/c1-14-10-18-23(30)19(34-35-28(31)39)13-20(25(18)37)33-27(38)15(2)8-7-9-21(41-5)26(43-29(32)40)17(4)12-16(3)24(36)22(11-14)42-6/h7-9,12-14,16,21-22,24,26,36-37H,10-11,30H2,1-6H3,(H2,31,39)(H2,32,40)(H,33,38)/b9-7-,15-8+,17-12+,35-34?/t14-,16+,21+,22+,24-,26+/m1/s1. The smallest absolute Gasteiger partial charge is 0.405 e.